The SMILES string of the molecule is C=CC=N/C(=C\C)c1ccc2[nH]nc(C(=C)Nc3cncc(-c4cccc(C)c4)c3C)c2n1. The highest BCUT2D eigenvalue weighted by Gasteiger charge is 2.15. The molecule has 0 spiro atoms. The average Bonchev–Trinajstić information content (AvgIpc) is 3.24. The summed E-state index contributed by atoms with van der Waals surface area (Å²) < 4.78 is 0. The van der Waals surface area contributed by atoms with Gasteiger partial charge in [0.2, 0.25) is 0 Å². The molecule has 0 bridgehead atoms. The minimum Gasteiger partial charge on any atom is -0.353 e. The fraction of sp³-hybridized carbons (Fsp3) is 0.111. The predicted octanol–water partition coefficient (Wildman–Crippen LogP) is 6.34. The Labute approximate surface area is 193 Å². The predicted molar refractivity (Wildman–Crippen MR) is 138 cm³/mol. The number of aliphatic imine (C=N–C) groups is 1. The van der Waals surface area contributed by atoms with Crippen LogP contribution in [0.15, 0.2) is 79.1 Å². The Hall–Kier alpha value is -4.32. The Morgan fingerprint density at radius 3 is 2.76 bits per heavy atom. The van der Waals surface area contributed by atoms with E-state index in [4.69, 9.17) is 4.98 Å². The maximum absolute atomic E-state index is 4.79. The second-order valence-electron chi connectivity index (χ2n) is 7.69. The van der Waals surface area contributed by atoms with E-state index in [0.29, 0.717) is 11.4 Å². The molecule has 4 rings (SSSR count). The van der Waals surface area contributed by atoms with Gasteiger partial charge in [-0.15, -0.1) is 0 Å². The Bertz CT molecular complexity index is 1410. The minimum absolute atomic E-state index is 0.633. The summed E-state index contributed by atoms with van der Waals surface area (Å²) in [4.78, 5) is 13.6. The van der Waals surface area contributed by atoms with Crippen LogP contribution in [0.1, 0.15) is 29.4 Å². The third kappa shape index (κ3) is 4.50. The number of pyridine rings is 2. The van der Waals surface area contributed by atoms with Gasteiger partial charge in [0.1, 0.15) is 11.2 Å². The summed E-state index contributed by atoms with van der Waals surface area (Å²) in [5.74, 6) is 0. The van der Waals surface area contributed by atoms with Crippen molar-refractivity contribution >= 4 is 34.3 Å². The van der Waals surface area contributed by atoms with Gasteiger partial charge in [-0.3, -0.25) is 15.1 Å². The summed E-state index contributed by atoms with van der Waals surface area (Å²) in [6.45, 7) is 14.0. The van der Waals surface area contributed by atoms with Crippen molar-refractivity contribution in [2.24, 2.45) is 4.99 Å². The van der Waals surface area contributed by atoms with Gasteiger partial charge in [-0.2, -0.15) is 5.10 Å². The molecule has 164 valence electrons. The van der Waals surface area contributed by atoms with Gasteiger partial charge in [0.25, 0.3) is 0 Å². The van der Waals surface area contributed by atoms with E-state index in [1.165, 1.54) is 5.56 Å². The van der Waals surface area contributed by atoms with Crippen LogP contribution in [0.3, 0.4) is 0 Å². The van der Waals surface area contributed by atoms with E-state index in [9.17, 15) is 0 Å². The van der Waals surface area contributed by atoms with Crippen LogP contribution in [0.2, 0.25) is 0 Å². The molecule has 1 aromatic carbocycles. The topological polar surface area (TPSA) is 78.9 Å². The molecule has 0 aliphatic heterocycles. The largest absolute Gasteiger partial charge is 0.353 e. The molecule has 4 aromatic rings. The van der Waals surface area contributed by atoms with E-state index in [1.54, 1.807) is 18.5 Å². The van der Waals surface area contributed by atoms with Gasteiger partial charge in [-0.1, -0.05) is 55.1 Å². The number of rotatable bonds is 7. The number of aryl methyl sites for hydroxylation is 1. The summed E-state index contributed by atoms with van der Waals surface area (Å²) in [6.07, 6.45) is 8.88. The van der Waals surface area contributed by atoms with Crippen molar-refractivity contribution in [2.45, 2.75) is 20.8 Å². The number of anilines is 1. The Balaban J connectivity index is 1.67. The fourth-order valence-corrected chi connectivity index (χ4v) is 3.65. The number of fused-ring (bicyclic) bond motifs is 1. The summed E-state index contributed by atoms with van der Waals surface area (Å²) >= 11 is 0. The van der Waals surface area contributed by atoms with Crippen LogP contribution in [-0.2, 0) is 0 Å². The molecule has 0 aliphatic carbocycles. The van der Waals surface area contributed by atoms with E-state index >= 15 is 0 Å². The molecule has 0 unspecified atom stereocenters. The number of nitrogens with one attached hydrogen (secondary N) is 2. The number of allylic oxidation sites excluding steroid dienone is 2. The van der Waals surface area contributed by atoms with E-state index in [1.807, 2.05) is 31.3 Å². The Morgan fingerprint density at radius 2 is 2.00 bits per heavy atom. The van der Waals surface area contributed by atoms with Gasteiger partial charge in [0.05, 0.1) is 34.5 Å². The lowest BCUT2D eigenvalue weighted by molar-refractivity contribution is 1.10. The molecule has 6 heteroatoms. The maximum atomic E-state index is 4.79. The van der Waals surface area contributed by atoms with Crippen molar-refractivity contribution in [2.75, 3.05) is 5.32 Å². The quantitative estimate of drug-likeness (QED) is 0.333. The summed E-state index contributed by atoms with van der Waals surface area (Å²) in [6, 6.07) is 12.2. The first-order valence-electron chi connectivity index (χ1n) is 10.7. The number of hydrogen-bond acceptors (Lipinski definition) is 5. The molecule has 0 amide bonds. The molecule has 0 fully saturated rings. The Morgan fingerprint density at radius 1 is 1.15 bits per heavy atom. The number of aromatic amines is 1. The average molecular weight is 435 g/mol. The maximum Gasteiger partial charge on any atom is 0.134 e. The monoisotopic (exact) mass is 434 g/mol. The van der Waals surface area contributed by atoms with Crippen molar-refractivity contribution in [3.05, 3.63) is 96.6 Å². The molecular formula is C27H26N6. The first kappa shape index (κ1) is 21.9. The van der Waals surface area contributed by atoms with E-state index in [0.717, 1.165) is 44.8 Å². The van der Waals surface area contributed by atoms with Crippen molar-refractivity contribution in [3.8, 4) is 11.1 Å². The third-order valence-corrected chi connectivity index (χ3v) is 5.38. The molecule has 33 heavy (non-hydrogen) atoms. The third-order valence-electron chi connectivity index (χ3n) is 5.38. The highest BCUT2D eigenvalue weighted by Crippen LogP contribution is 2.30. The first-order valence-corrected chi connectivity index (χ1v) is 10.7. The second kappa shape index (κ2) is 9.44. The molecule has 6 nitrogen and oxygen atoms in total. The molecule has 2 N–H and O–H groups in total. The van der Waals surface area contributed by atoms with Gasteiger partial charge in [0, 0.05) is 18.0 Å². The van der Waals surface area contributed by atoms with Gasteiger partial charge in [0.15, 0.2) is 0 Å². The number of aromatic nitrogens is 4. The van der Waals surface area contributed by atoms with Crippen LogP contribution >= 0.6 is 0 Å². The van der Waals surface area contributed by atoms with Crippen LogP contribution in [0.5, 0.6) is 0 Å². The van der Waals surface area contributed by atoms with Crippen LogP contribution in [-0.4, -0.2) is 26.4 Å². The zero-order valence-corrected chi connectivity index (χ0v) is 19.1. The highest BCUT2D eigenvalue weighted by molar-refractivity contribution is 5.91. The highest BCUT2D eigenvalue weighted by atomic mass is 15.1. The molecule has 0 saturated carbocycles. The summed E-state index contributed by atoms with van der Waals surface area (Å²) in [7, 11) is 0. The standard InChI is InChI=1S/C27H26N6/c1-6-13-29-22(7-2)23-11-12-24-27(31-23)26(33-32-24)19(5)30-25-16-28-15-21(18(25)4)20-10-8-9-17(3)14-20/h6-16,30H,1,5H2,2-4H3,(H,32,33)/b22-7-,29-13?. The Kier molecular flexibility index (Phi) is 6.26. The molecule has 3 heterocycles. The molecule has 0 radical (unpaired) electrons. The summed E-state index contributed by atoms with van der Waals surface area (Å²) in [5, 5.41) is 10.9. The molecular weight excluding hydrogens is 408 g/mol. The number of nitrogens with zero attached hydrogens (tertiary/aromatic N) is 4. The van der Waals surface area contributed by atoms with E-state index in [2.05, 4.69) is 76.8 Å². The van der Waals surface area contributed by atoms with Crippen LogP contribution in [0.4, 0.5) is 5.69 Å². The van der Waals surface area contributed by atoms with Gasteiger partial charge < -0.3 is 5.32 Å². The van der Waals surface area contributed by atoms with E-state index in [-0.39, 0.29) is 0 Å². The molecule has 0 atom stereocenters. The van der Waals surface area contributed by atoms with Gasteiger partial charge in [-0.05, 0) is 44.0 Å². The number of H-pyrrole nitrogens is 1. The number of benzene rings is 1. The zero-order chi connectivity index (χ0) is 23.4. The van der Waals surface area contributed by atoms with Crippen LogP contribution < -0.4 is 5.32 Å². The minimum atomic E-state index is 0.633. The van der Waals surface area contributed by atoms with Crippen molar-refractivity contribution in [3.63, 3.8) is 0 Å². The van der Waals surface area contributed by atoms with E-state index < -0.39 is 0 Å². The lowest BCUT2D eigenvalue weighted by atomic mass is 10.00. The van der Waals surface area contributed by atoms with Crippen molar-refractivity contribution < 1.29 is 0 Å². The van der Waals surface area contributed by atoms with Crippen LogP contribution in [0, 0.1) is 13.8 Å². The lowest BCUT2D eigenvalue weighted by Gasteiger charge is -2.14. The lowest BCUT2D eigenvalue weighted by Crippen LogP contribution is -2.02. The molecule has 0 aliphatic rings. The second-order valence-corrected chi connectivity index (χ2v) is 7.69. The summed E-state index contributed by atoms with van der Waals surface area (Å²) in [5.41, 5.74) is 9.69. The van der Waals surface area contributed by atoms with Gasteiger partial charge >= 0.3 is 0 Å². The zero-order valence-electron chi connectivity index (χ0n) is 19.1. The number of hydrogen-bond donors (Lipinski definition) is 2. The van der Waals surface area contributed by atoms with Crippen molar-refractivity contribution in [1.82, 2.24) is 20.2 Å². The normalized spacial score (nSPS) is 11.8. The first-order chi connectivity index (χ1) is 16.0. The van der Waals surface area contributed by atoms with Crippen LogP contribution in [0.25, 0.3) is 33.6 Å². The molecule has 0 saturated heterocycles. The fourth-order valence-electron chi connectivity index (χ4n) is 3.65. The molecule has 3 aromatic heterocycles. The smallest absolute Gasteiger partial charge is 0.134 e. The van der Waals surface area contributed by atoms with Crippen molar-refractivity contribution in [1.29, 1.82) is 0 Å². The van der Waals surface area contributed by atoms with Gasteiger partial charge in [-0.25, -0.2) is 4.98 Å².